The maximum atomic E-state index is 11.8. The molecule has 1 atom stereocenters. The fraction of sp³-hybridized carbons (Fsp3) is 0.267. The molecule has 0 amide bonds. The molecule has 1 heterocycles. The van der Waals surface area contributed by atoms with Gasteiger partial charge < -0.3 is 9.30 Å². The molecule has 0 N–H and O–H groups in total. The smallest absolute Gasteiger partial charge is 0.354 e. The van der Waals surface area contributed by atoms with E-state index in [0.29, 0.717) is 12.3 Å². The lowest BCUT2D eigenvalue weighted by atomic mass is 10.1. The second-order valence-electron chi connectivity index (χ2n) is 4.11. The van der Waals surface area contributed by atoms with Gasteiger partial charge in [-0.25, -0.2) is 4.79 Å². The van der Waals surface area contributed by atoms with Crippen LogP contribution in [0.1, 0.15) is 35.9 Å². The summed E-state index contributed by atoms with van der Waals surface area (Å²) in [5.41, 5.74) is 1.76. The number of esters is 1. The maximum Gasteiger partial charge on any atom is 0.354 e. The van der Waals surface area contributed by atoms with Crippen LogP contribution in [0.25, 0.3) is 0 Å². The van der Waals surface area contributed by atoms with E-state index in [2.05, 4.69) is 19.1 Å². The number of benzene rings is 1. The van der Waals surface area contributed by atoms with Crippen LogP contribution in [-0.4, -0.2) is 17.1 Å². The monoisotopic (exact) mass is 243 g/mol. The summed E-state index contributed by atoms with van der Waals surface area (Å²) in [4.78, 5) is 11.8. The summed E-state index contributed by atoms with van der Waals surface area (Å²) < 4.78 is 6.99. The quantitative estimate of drug-likeness (QED) is 0.772. The number of carbonyl (C=O) groups excluding carboxylic acids is 1. The zero-order valence-electron chi connectivity index (χ0n) is 10.7. The molecule has 0 spiro atoms. The van der Waals surface area contributed by atoms with Crippen LogP contribution < -0.4 is 0 Å². The Balaban J connectivity index is 2.29. The van der Waals surface area contributed by atoms with Gasteiger partial charge in [-0.05, 0) is 31.5 Å². The van der Waals surface area contributed by atoms with E-state index in [4.69, 9.17) is 4.74 Å². The Morgan fingerprint density at radius 1 is 1.22 bits per heavy atom. The van der Waals surface area contributed by atoms with Gasteiger partial charge in [-0.3, -0.25) is 0 Å². The number of aromatic nitrogens is 1. The standard InChI is InChI=1S/C15H17NO2/c1-3-18-15(17)14-10-7-11-16(14)12(2)13-8-5-4-6-9-13/h4-12H,3H2,1-2H3. The Kier molecular flexibility index (Phi) is 3.82. The number of nitrogens with zero attached hydrogens (tertiary/aromatic N) is 1. The lowest BCUT2D eigenvalue weighted by Crippen LogP contribution is -2.15. The highest BCUT2D eigenvalue weighted by Gasteiger charge is 2.16. The van der Waals surface area contributed by atoms with Crippen molar-refractivity contribution in [1.29, 1.82) is 0 Å². The molecule has 2 aromatic rings. The molecule has 0 fully saturated rings. The highest BCUT2D eigenvalue weighted by molar-refractivity contribution is 5.87. The Hall–Kier alpha value is -2.03. The van der Waals surface area contributed by atoms with Crippen LogP contribution in [-0.2, 0) is 4.74 Å². The molecular weight excluding hydrogens is 226 g/mol. The molecule has 0 bridgehead atoms. The second kappa shape index (κ2) is 5.54. The van der Waals surface area contributed by atoms with E-state index >= 15 is 0 Å². The number of ether oxygens (including phenoxy) is 1. The van der Waals surface area contributed by atoms with Crippen LogP contribution in [0.15, 0.2) is 48.7 Å². The molecule has 1 aromatic heterocycles. The molecule has 1 aromatic carbocycles. The first kappa shape index (κ1) is 12.4. The molecule has 2 rings (SSSR count). The van der Waals surface area contributed by atoms with E-state index in [-0.39, 0.29) is 12.0 Å². The van der Waals surface area contributed by atoms with Crippen molar-refractivity contribution < 1.29 is 9.53 Å². The molecular formula is C15H17NO2. The minimum absolute atomic E-state index is 0.112. The maximum absolute atomic E-state index is 11.8. The van der Waals surface area contributed by atoms with Crippen molar-refractivity contribution in [1.82, 2.24) is 4.57 Å². The van der Waals surface area contributed by atoms with E-state index in [1.165, 1.54) is 5.56 Å². The summed E-state index contributed by atoms with van der Waals surface area (Å²) in [5.74, 6) is -0.273. The topological polar surface area (TPSA) is 31.2 Å². The fourth-order valence-corrected chi connectivity index (χ4v) is 2.00. The van der Waals surface area contributed by atoms with Crippen molar-refractivity contribution in [2.75, 3.05) is 6.61 Å². The first-order valence-electron chi connectivity index (χ1n) is 6.13. The Labute approximate surface area is 107 Å². The van der Waals surface area contributed by atoms with E-state index in [1.807, 2.05) is 42.0 Å². The molecule has 18 heavy (non-hydrogen) atoms. The average Bonchev–Trinajstić information content (AvgIpc) is 2.88. The number of hydrogen-bond acceptors (Lipinski definition) is 2. The molecule has 3 nitrogen and oxygen atoms in total. The minimum atomic E-state index is -0.273. The summed E-state index contributed by atoms with van der Waals surface area (Å²) in [7, 11) is 0. The van der Waals surface area contributed by atoms with Gasteiger partial charge in [0.05, 0.1) is 12.6 Å². The van der Waals surface area contributed by atoms with E-state index in [0.717, 1.165) is 0 Å². The number of rotatable bonds is 4. The molecule has 0 saturated heterocycles. The van der Waals surface area contributed by atoms with Gasteiger partial charge in [-0.1, -0.05) is 30.3 Å². The molecule has 1 unspecified atom stereocenters. The molecule has 94 valence electrons. The largest absolute Gasteiger partial charge is 0.461 e. The molecule has 3 heteroatoms. The third-order valence-electron chi connectivity index (χ3n) is 2.96. The average molecular weight is 243 g/mol. The lowest BCUT2D eigenvalue weighted by Gasteiger charge is -2.17. The van der Waals surface area contributed by atoms with Gasteiger partial charge in [0.2, 0.25) is 0 Å². The number of carbonyl (C=O) groups is 1. The normalized spacial score (nSPS) is 12.1. The van der Waals surface area contributed by atoms with E-state index in [1.54, 1.807) is 6.07 Å². The van der Waals surface area contributed by atoms with Crippen molar-refractivity contribution in [3.63, 3.8) is 0 Å². The molecule has 0 aliphatic heterocycles. The molecule has 0 radical (unpaired) electrons. The van der Waals surface area contributed by atoms with Crippen molar-refractivity contribution >= 4 is 5.97 Å². The summed E-state index contributed by atoms with van der Waals surface area (Å²) >= 11 is 0. The summed E-state index contributed by atoms with van der Waals surface area (Å²) in [6.07, 6.45) is 1.91. The van der Waals surface area contributed by atoms with Gasteiger partial charge >= 0.3 is 5.97 Å². The van der Waals surface area contributed by atoms with Gasteiger partial charge in [-0.2, -0.15) is 0 Å². The fourth-order valence-electron chi connectivity index (χ4n) is 2.00. The van der Waals surface area contributed by atoms with Crippen molar-refractivity contribution in [3.05, 3.63) is 59.9 Å². The molecule has 0 aliphatic carbocycles. The van der Waals surface area contributed by atoms with E-state index in [9.17, 15) is 4.79 Å². The first-order chi connectivity index (χ1) is 8.74. The predicted octanol–water partition coefficient (Wildman–Crippen LogP) is 3.27. The highest BCUT2D eigenvalue weighted by atomic mass is 16.5. The third-order valence-corrected chi connectivity index (χ3v) is 2.96. The van der Waals surface area contributed by atoms with Crippen LogP contribution in [0.3, 0.4) is 0 Å². The van der Waals surface area contributed by atoms with Gasteiger partial charge in [-0.15, -0.1) is 0 Å². The van der Waals surface area contributed by atoms with Crippen LogP contribution >= 0.6 is 0 Å². The molecule has 0 aliphatic rings. The highest BCUT2D eigenvalue weighted by Crippen LogP contribution is 2.20. The van der Waals surface area contributed by atoms with Gasteiger partial charge in [0.1, 0.15) is 5.69 Å². The Morgan fingerprint density at radius 3 is 2.61 bits per heavy atom. The lowest BCUT2D eigenvalue weighted by molar-refractivity contribution is 0.0512. The Bertz CT molecular complexity index is 516. The summed E-state index contributed by atoms with van der Waals surface area (Å²) in [5, 5.41) is 0. The van der Waals surface area contributed by atoms with Crippen LogP contribution in [0.2, 0.25) is 0 Å². The van der Waals surface area contributed by atoms with Crippen molar-refractivity contribution in [2.45, 2.75) is 19.9 Å². The number of hydrogen-bond donors (Lipinski definition) is 0. The predicted molar refractivity (Wildman–Crippen MR) is 70.6 cm³/mol. The van der Waals surface area contributed by atoms with Crippen LogP contribution in [0, 0.1) is 0 Å². The van der Waals surface area contributed by atoms with Gasteiger partial charge in [0.15, 0.2) is 0 Å². The Morgan fingerprint density at radius 2 is 1.94 bits per heavy atom. The zero-order chi connectivity index (χ0) is 13.0. The SMILES string of the molecule is CCOC(=O)c1cccn1C(C)c1ccccc1. The minimum Gasteiger partial charge on any atom is -0.461 e. The molecule has 0 saturated carbocycles. The van der Waals surface area contributed by atoms with Crippen molar-refractivity contribution in [2.24, 2.45) is 0 Å². The summed E-state index contributed by atoms with van der Waals surface area (Å²) in [6, 6.07) is 13.9. The van der Waals surface area contributed by atoms with Crippen LogP contribution in [0.4, 0.5) is 0 Å². The summed E-state index contributed by atoms with van der Waals surface area (Å²) in [6.45, 7) is 4.27. The third kappa shape index (κ3) is 2.45. The first-order valence-corrected chi connectivity index (χ1v) is 6.13. The van der Waals surface area contributed by atoms with E-state index < -0.39 is 0 Å². The van der Waals surface area contributed by atoms with Gasteiger partial charge in [0.25, 0.3) is 0 Å². The zero-order valence-corrected chi connectivity index (χ0v) is 10.7. The van der Waals surface area contributed by atoms with Crippen molar-refractivity contribution in [3.8, 4) is 0 Å². The van der Waals surface area contributed by atoms with Gasteiger partial charge in [0, 0.05) is 6.20 Å². The second-order valence-corrected chi connectivity index (χ2v) is 4.11. The van der Waals surface area contributed by atoms with Crippen LogP contribution in [0.5, 0.6) is 0 Å².